The zero-order valence-corrected chi connectivity index (χ0v) is 12.7. The monoisotopic (exact) mass is 335 g/mol. The van der Waals surface area contributed by atoms with E-state index in [9.17, 15) is 22.7 Å². The molecule has 1 fully saturated rings. The molecule has 1 aliphatic rings. The normalized spacial score (nSPS) is 26.7. The first kappa shape index (κ1) is 15.6. The number of carboxylic acids is 1. The molecule has 5 nitrogen and oxygen atoms in total. The molecule has 0 unspecified atom stereocenters. The minimum Gasteiger partial charge on any atom is -0.480 e. The molecule has 3 N–H and O–H groups in total. The van der Waals surface area contributed by atoms with E-state index in [0.29, 0.717) is 5.56 Å². The van der Waals surface area contributed by atoms with Crippen LogP contribution in [0.5, 0.6) is 0 Å². The number of carbonyl (C=O) groups is 1. The fraction of sp³-hybridized carbons (Fsp3) is 0.188. The molecule has 0 radical (unpaired) electrons. The van der Waals surface area contributed by atoms with Crippen LogP contribution in [0.15, 0.2) is 59.5 Å². The molecule has 0 aromatic heterocycles. The molecule has 0 spiro atoms. The summed E-state index contributed by atoms with van der Waals surface area (Å²) in [6, 6.07) is 12.6. The predicted molar refractivity (Wildman–Crippen MR) is 81.1 cm³/mol. The summed E-state index contributed by atoms with van der Waals surface area (Å²) in [5.74, 6) is -2.81. The molecule has 2 aromatic carbocycles. The van der Waals surface area contributed by atoms with Crippen molar-refractivity contribution in [2.75, 3.05) is 0 Å². The second-order valence-electron chi connectivity index (χ2n) is 5.55. The third kappa shape index (κ3) is 2.32. The van der Waals surface area contributed by atoms with Gasteiger partial charge in [0.25, 0.3) is 0 Å². The first-order chi connectivity index (χ1) is 10.8. The van der Waals surface area contributed by atoms with Gasteiger partial charge in [-0.25, -0.2) is 12.8 Å². The Hall–Kier alpha value is -2.25. The lowest BCUT2D eigenvalue weighted by atomic mass is 10.1. The maximum Gasteiger partial charge on any atom is 0.325 e. The second-order valence-corrected chi connectivity index (χ2v) is 7.62. The maximum absolute atomic E-state index is 13.1. The van der Waals surface area contributed by atoms with Crippen LogP contribution >= 0.6 is 0 Å². The molecule has 0 amide bonds. The van der Waals surface area contributed by atoms with Crippen LogP contribution in [-0.4, -0.2) is 30.3 Å². The second kappa shape index (κ2) is 5.14. The Bertz CT molecular complexity index is 851. The average Bonchev–Trinajstić information content (AvgIpc) is 3.18. The zero-order valence-electron chi connectivity index (χ0n) is 11.9. The standard InChI is InChI=1S/C16H14FNO4S/c17-11-8-6-10(7-9-11)13-14(16(13,18)15(19)20)23(21,22)12-4-2-1-3-5-12/h1-9,13-14H,18H2,(H,19,20)/t13-,14+,16+/m0/s1. The van der Waals surface area contributed by atoms with Gasteiger partial charge in [-0.3, -0.25) is 4.79 Å². The first-order valence-corrected chi connectivity index (χ1v) is 8.41. The van der Waals surface area contributed by atoms with Gasteiger partial charge >= 0.3 is 5.97 Å². The van der Waals surface area contributed by atoms with E-state index < -0.39 is 38.3 Å². The van der Waals surface area contributed by atoms with Crippen molar-refractivity contribution in [3.63, 3.8) is 0 Å². The van der Waals surface area contributed by atoms with Crippen LogP contribution in [-0.2, 0) is 14.6 Å². The number of sulfone groups is 1. The third-order valence-corrected chi connectivity index (χ3v) is 6.44. The summed E-state index contributed by atoms with van der Waals surface area (Å²) in [5.41, 5.74) is 4.36. The van der Waals surface area contributed by atoms with Crippen LogP contribution in [0.4, 0.5) is 4.39 Å². The van der Waals surface area contributed by atoms with Gasteiger partial charge in [-0.1, -0.05) is 30.3 Å². The Morgan fingerprint density at radius 3 is 2.17 bits per heavy atom. The van der Waals surface area contributed by atoms with E-state index >= 15 is 0 Å². The Balaban J connectivity index is 2.07. The van der Waals surface area contributed by atoms with Crippen LogP contribution in [0.1, 0.15) is 11.5 Å². The fourth-order valence-corrected chi connectivity index (χ4v) is 5.19. The summed E-state index contributed by atoms with van der Waals surface area (Å²) in [7, 11) is -3.93. The highest BCUT2D eigenvalue weighted by molar-refractivity contribution is 7.92. The quantitative estimate of drug-likeness (QED) is 0.883. The Morgan fingerprint density at radius 2 is 1.65 bits per heavy atom. The topological polar surface area (TPSA) is 97.5 Å². The summed E-state index contributed by atoms with van der Waals surface area (Å²) >= 11 is 0. The van der Waals surface area contributed by atoms with Crippen LogP contribution in [0, 0.1) is 5.82 Å². The number of hydrogen-bond acceptors (Lipinski definition) is 4. The lowest BCUT2D eigenvalue weighted by molar-refractivity contribution is -0.139. The van der Waals surface area contributed by atoms with Crippen molar-refractivity contribution in [3.05, 3.63) is 66.0 Å². The van der Waals surface area contributed by atoms with Crippen molar-refractivity contribution >= 4 is 15.8 Å². The molecule has 1 saturated carbocycles. The molecule has 0 aliphatic heterocycles. The highest BCUT2D eigenvalue weighted by Crippen LogP contribution is 2.55. The van der Waals surface area contributed by atoms with Crippen LogP contribution in [0.2, 0.25) is 0 Å². The minimum absolute atomic E-state index is 0.0192. The Kier molecular flexibility index (Phi) is 3.50. The summed E-state index contributed by atoms with van der Waals surface area (Å²) in [6.07, 6.45) is 0. The molecule has 0 heterocycles. The predicted octanol–water partition coefficient (Wildman–Crippen LogP) is 1.55. The lowest BCUT2D eigenvalue weighted by Crippen LogP contribution is -2.39. The summed E-state index contributed by atoms with van der Waals surface area (Å²) in [6.45, 7) is 0. The van der Waals surface area contributed by atoms with Crippen molar-refractivity contribution in [2.45, 2.75) is 21.6 Å². The SMILES string of the molecule is N[C@@]1(C(=O)O)[C@H](S(=O)(=O)c2ccccc2)[C@@H]1c1ccc(F)cc1. The van der Waals surface area contributed by atoms with E-state index in [4.69, 9.17) is 5.73 Å². The molecular weight excluding hydrogens is 321 g/mol. The fourth-order valence-electron chi connectivity index (χ4n) is 2.94. The van der Waals surface area contributed by atoms with Gasteiger partial charge in [0.05, 0.1) is 4.90 Å². The Morgan fingerprint density at radius 1 is 1.09 bits per heavy atom. The summed E-state index contributed by atoms with van der Waals surface area (Å²) in [4.78, 5) is 11.6. The molecule has 3 atom stereocenters. The molecule has 120 valence electrons. The molecular formula is C16H14FNO4S. The van der Waals surface area contributed by atoms with E-state index in [1.54, 1.807) is 18.2 Å². The molecule has 3 rings (SSSR count). The van der Waals surface area contributed by atoms with E-state index in [1.165, 1.54) is 24.3 Å². The molecule has 23 heavy (non-hydrogen) atoms. The van der Waals surface area contributed by atoms with Crippen LogP contribution in [0.25, 0.3) is 0 Å². The number of rotatable bonds is 4. The molecule has 7 heteroatoms. The number of nitrogens with two attached hydrogens (primary N) is 1. The van der Waals surface area contributed by atoms with Crippen LogP contribution in [0.3, 0.4) is 0 Å². The summed E-state index contributed by atoms with van der Waals surface area (Å²) in [5, 5.41) is 8.12. The van der Waals surface area contributed by atoms with E-state index in [1.807, 2.05) is 0 Å². The van der Waals surface area contributed by atoms with Crippen molar-refractivity contribution in [1.29, 1.82) is 0 Å². The smallest absolute Gasteiger partial charge is 0.325 e. The van der Waals surface area contributed by atoms with Gasteiger partial charge in [0.1, 0.15) is 16.6 Å². The van der Waals surface area contributed by atoms with E-state index in [0.717, 1.165) is 12.1 Å². The van der Waals surface area contributed by atoms with Gasteiger partial charge in [0, 0.05) is 5.92 Å². The van der Waals surface area contributed by atoms with E-state index in [-0.39, 0.29) is 4.90 Å². The number of halogens is 1. The van der Waals surface area contributed by atoms with Crippen molar-refractivity contribution in [2.24, 2.45) is 5.73 Å². The Labute approximate surface area is 132 Å². The number of hydrogen-bond donors (Lipinski definition) is 2. The van der Waals surface area contributed by atoms with E-state index in [2.05, 4.69) is 0 Å². The largest absolute Gasteiger partial charge is 0.480 e. The third-order valence-electron chi connectivity index (χ3n) is 4.18. The van der Waals surface area contributed by atoms with Gasteiger partial charge in [0.2, 0.25) is 0 Å². The number of carboxylic acid groups (broad SMARTS) is 1. The van der Waals surface area contributed by atoms with Gasteiger partial charge in [-0.15, -0.1) is 0 Å². The molecule has 1 aliphatic carbocycles. The zero-order chi connectivity index (χ0) is 16.8. The van der Waals surface area contributed by atoms with Crippen molar-refractivity contribution < 1.29 is 22.7 Å². The molecule has 2 aromatic rings. The highest BCUT2D eigenvalue weighted by Gasteiger charge is 2.74. The van der Waals surface area contributed by atoms with Gasteiger partial charge < -0.3 is 10.8 Å². The van der Waals surface area contributed by atoms with Crippen molar-refractivity contribution in [3.8, 4) is 0 Å². The van der Waals surface area contributed by atoms with Gasteiger partial charge in [0.15, 0.2) is 9.84 Å². The maximum atomic E-state index is 13.1. The van der Waals surface area contributed by atoms with Gasteiger partial charge in [-0.2, -0.15) is 0 Å². The lowest BCUT2D eigenvalue weighted by Gasteiger charge is -2.06. The molecule has 0 bridgehead atoms. The number of aliphatic carboxylic acids is 1. The molecule has 0 saturated heterocycles. The first-order valence-electron chi connectivity index (χ1n) is 6.86. The minimum atomic E-state index is -3.93. The van der Waals surface area contributed by atoms with Crippen molar-refractivity contribution in [1.82, 2.24) is 0 Å². The van der Waals surface area contributed by atoms with Crippen LogP contribution < -0.4 is 5.73 Å². The summed E-state index contributed by atoms with van der Waals surface area (Å²) < 4.78 is 38.5. The average molecular weight is 335 g/mol. The highest BCUT2D eigenvalue weighted by atomic mass is 32.2. The number of benzene rings is 2. The van der Waals surface area contributed by atoms with Gasteiger partial charge in [-0.05, 0) is 29.8 Å².